The smallest absolute Gasteiger partial charge is 0.260 e. The number of hydrogen-bond donors (Lipinski definition) is 3. The zero-order valence-corrected chi connectivity index (χ0v) is 8.82. The summed E-state index contributed by atoms with van der Waals surface area (Å²) >= 11 is 0. The second kappa shape index (κ2) is 4.72. The molecule has 3 N–H and O–H groups in total. The molecule has 1 aliphatic rings. The van der Waals surface area contributed by atoms with Gasteiger partial charge in [0.2, 0.25) is 5.60 Å². The molecule has 1 heterocycles. The van der Waals surface area contributed by atoms with E-state index in [1.807, 2.05) is 6.92 Å². The summed E-state index contributed by atoms with van der Waals surface area (Å²) in [6.07, 6.45) is 1.69. The van der Waals surface area contributed by atoms with Gasteiger partial charge in [0.15, 0.2) is 5.78 Å². The molecule has 0 aromatic carbocycles. The van der Waals surface area contributed by atoms with Crippen molar-refractivity contribution in [3.8, 4) is 0 Å². The highest BCUT2D eigenvalue weighted by Gasteiger charge is 2.50. The van der Waals surface area contributed by atoms with Crippen molar-refractivity contribution in [3.63, 3.8) is 0 Å². The number of unbranched alkanes of at least 4 members (excludes halogenated alkanes) is 1. The highest BCUT2D eigenvalue weighted by Crippen LogP contribution is 2.23. The van der Waals surface area contributed by atoms with Gasteiger partial charge in [0, 0.05) is 12.8 Å². The largest absolute Gasteiger partial charge is 0.394 e. The number of aliphatic hydroxyl groups excluding tert-OH is 1. The third-order valence-electron chi connectivity index (χ3n) is 2.69. The Morgan fingerprint density at radius 2 is 2.33 bits per heavy atom. The fourth-order valence-electron chi connectivity index (χ4n) is 1.70. The number of nitrogens with one attached hydrogen (secondary N) is 1. The summed E-state index contributed by atoms with van der Waals surface area (Å²) in [6.45, 7) is 1.68. The van der Waals surface area contributed by atoms with E-state index in [4.69, 9.17) is 5.11 Å². The quantitative estimate of drug-likeness (QED) is 0.532. The van der Waals surface area contributed by atoms with Gasteiger partial charge < -0.3 is 15.5 Å². The van der Waals surface area contributed by atoms with Crippen molar-refractivity contribution in [1.29, 1.82) is 0 Å². The second-order valence-electron chi connectivity index (χ2n) is 3.94. The van der Waals surface area contributed by atoms with Gasteiger partial charge in [-0.3, -0.25) is 9.59 Å². The van der Waals surface area contributed by atoms with Gasteiger partial charge >= 0.3 is 0 Å². The molecular formula is C10H17NO4. The first-order chi connectivity index (χ1) is 7.04. The SMILES string of the molecule is CCCCC(=O)C1(O)C[C@@H](CO)NC1=O. The van der Waals surface area contributed by atoms with Crippen molar-refractivity contribution in [2.75, 3.05) is 6.61 Å². The molecule has 5 heteroatoms. The Morgan fingerprint density at radius 1 is 1.67 bits per heavy atom. The molecule has 0 bridgehead atoms. The van der Waals surface area contributed by atoms with Gasteiger partial charge in [0.05, 0.1) is 12.6 Å². The molecular weight excluding hydrogens is 198 g/mol. The van der Waals surface area contributed by atoms with E-state index >= 15 is 0 Å². The van der Waals surface area contributed by atoms with Crippen molar-refractivity contribution >= 4 is 11.7 Å². The summed E-state index contributed by atoms with van der Waals surface area (Å²) in [6, 6.07) is -0.506. The first-order valence-electron chi connectivity index (χ1n) is 5.22. The zero-order valence-electron chi connectivity index (χ0n) is 8.82. The molecule has 2 atom stereocenters. The molecule has 0 aromatic heterocycles. The number of hydrogen-bond acceptors (Lipinski definition) is 4. The lowest BCUT2D eigenvalue weighted by atomic mass is 9.91. The van der Waals surface area contributed by atoms with Crippen LogP contribution in [0.4, 0.5) is 0 Å². The van der Waals surface area contributed by atoms with Crippen LogP contribution >= 0.6 is 0 Å². The maximum atomic E-state index is 11.6. The number of rotatable bonds is 5. The summed E-state index contributed by atoms with van der Waals surface area (Å²) in [5.74, 6) is -1.12. The van der Waals surface area contributed by atoms with Crippen molar-refractivity contribution in [2.45, 2.75) is 44.2 Å². The number of amides is 1. The van der Waals surface area contributed by atoms with E-state index in [9.17, 15) is 14.7 Å². The van der Waals surface area contributed by atoms with E-state index in [1.54, 1.807) is 0 Å². The van der Waals surface area contributed by atoms with Gasteiger partial charge in [-0.25, -0.2) is 0 Å². The minimum Gasteiger partial charge on any atom is -0.394 e. The van der Waals surface area contributed by atoms with Crippen LogP contribution in [0, 0.1) is 0 Å². The lowest BCUT2D eigenvalue weighted by molar-refractivity contribution is -0.148. The number of ketones is 1. The van der Waals surface area contributed by atoms with Crippen LogP contribution in [0.3, 0.4) is 0 Å². The Balaban J connectivity index is 2.65. The van der Waals surface area contributed by atoms with Crippen LogP contribution in [-0.4, -0.2) is 40.2 Å². The predicted octanol–water partition coefficient (Wildman–Crippen LogP) is -0.642. The minimum atomic E-state index is -1.91. The van der Waals surface area contributed by atoms with E-state index in [1.165, 1.54) is 0 Å². The average molecular weight is 215 g/mol. The molecule has 86 valence electrons. The molecule has 15 heavy (non-hydrogen) atoms. The molecule has 1 fully saturated rings. The summed E-state index contributed by atoms with van der Waals surface area (Å²) in [4.78, 5) is 23.0. The normalized spacial score (nSPS) is 30.3. The Morgan fingerprint density at radius 3 is 2.80 bits per heavy atom. The van der Waals surface area contributed by atoms with Crippen molar-refractivity contribution in [2.24, 2.45) is 0 Å². The van der Waals surface area contributed by atoms with E-state index in [-0.39, 0.29) is 19.4 Å². The van der Waals surface area contributed by atoms with Crippen LogP contribution in [-0.2, 0) is 9.59 Å². The maximum Gasteiger partial charge on any atom is 0.260 e. The molecule has 0 aliphatic carbocycles. The van der Waals surface area contributed by atoms with Gasteiger partial charge in [-0.05, 0) is 6.42 Å². The second-order valence-corrected chi connectivity index (χ2v) is 3.94. The number of Topliss-reactive ketones (excluding diaryl/α,β-unsaturated/α-hetero) is 1. The van der Waals surface area contributed by atoms with Crippen LogP contribution in [0.2, 0.25) is 0 Å². The highest BCUT2D eigenvalue weighted by atomic mass is 16.3. The van der Waals surface area contributed by atoms with E-state index in [0.717, 1.165) is 6.42 Å². The fraction of sp³-hybridized carbons (Fsp3) is 0.800. The molecule has 1 aliphatic heterocycles. The van der Waals surface area contributed by atoms with Crippen LogP contribution in [0.1, 0.15) is 32.6 Å². The van der Waals surface area contributed by atoms with Crippen LogP contribution in [0.25, 0.3) is 0 Å². The summed E-state index contributed by atoms with van der Waals surface area (Å²) in [7, 11) is 0. The number of carbonyl (C=O) groups is 2. The summed E-state index contributed by atoms with van der Waals surface area (Å²) in [5, 5.41) is 21.1. The van der Waals surface area contributed by atoms with E-state index in [2.05, 4.69) is 5.32 Å². The van der Waals surface area contributed by atoms with Crippen LogP contribution < -0.4 is 5.32 Å². The van der Waals surface area contributed by atoms with Gasteiger partial charge in [-0.1, -0.05) is 13.3 Å². The molecule has 1 rings (SSSR count). The molecule has 5 nitrogen and oxygen atoms in total. The van der Waals surface area contributed by atoms with Crippen LogP contribution in [0.5, 0.6) is 0 Å². The Bertz CT molecular complexity index is 266. The first kappa shape index (κ1) is 12.1. The predicted molar refractivity (Wildman–Crippen MR) is 53.1 cm³/mol. The lowest BCUT2D eigenvalue weighted by Crippen LogP contribution is -2.45. The molecule has 0 spiro atoms. The summed E-state index contributed by atoms with van der Waals surface area (Å²) < 4.78 is 0. The standard InChI is InChI=1S/C10H17NO4/c1-2-3-4-8(13)10(15)5-7(6-12)11-9(10)14/h7,12,15H,2-6H2,1H3,(H,11,14)/t7-,10?/m0/s1. The molecule has 1 saturated heterocycles. The van der Waals surface area contributed by atoms with Gasteiger partial charge in [-0.15, -0.1) is 0 Å². The third kappa shape index (κ3) is 2.35. The third-order valence-corrected chi connectivity index (χ3v) is 2.69. The van der Waals surface area contributed by atoms with Crippen molar-refractivity contribution in [1.82, 2.24) is 5.32 Å². The Hall–Kier alpha value is -0.940. The topological polar surface area (TPSA) is 86.6 Å². The van der Waals surface area contributed by atoms with E-state index in [0.29, 0.717) is 6.42 Å². The molecule has 0 saturated carbocycles. The zero-order chi connectivity index (χ0) is 11.5. The Kier molecular flexibility index (Phi) is 3.82. The fourth-order valence-corrected chi connectivity index (χ4v) is 1.70. The Labute approximate surface area is 88.5 Å². The van der Waals surface area contributed by atoms with Gasteiger partial charge in [0.25, 0.3) is 5.91 Å². The molecule has 0 aromatic rings. The maximum absolute atomic E-state index is 11.6. The van der Waals surface area contributed by atoms with Gasteiger partial charge in [-0.2, -0.15) is 0 Å². The highest BCUT2D eigenvalue weighted by molar-refractivity contribution is 6.10. The monoisotopic (exact) mass is 215 g/mol. The van der Waals surface area contributed by atoms with Crippen molar-refractivity contribution < 1.29 is 19.8 Å². The van der Waals surface area contributed by atoms with Crippen LogP contribution in [0.15, 0.2) is 0 Å². The average Bonchev–Trinajstić information content (AvgIpc) is 2.52. The van der Waals surface area contributed by atoms with Crippen molar-refractivity contribution in [3.05, 3.63) is 0 Å². The summed E-state index contributed by atoms with van der Waals surface area (Å²) in [5.41, 5.74) is -1.91. The number of carbonyl (C=O) groups excluding carboxylic acids is 2. The molecule has 1 amide bonds. The van der Waals surface area contributed by atoms with E-state index < -0.39 is 23.3 Å². The lowest BCUT2D eigenvalue weighted by Gasteiger charge is -2.17. The molecule has 0 radical (unpaired) electrons. The minimum absolute atomic E-state index is 0.0229. The molecule has 1 unspecified atom stereocenters. The number of aliphatic hydroxyl groups is 2. The first-order valence-corrected chi connectivity index (χ1v) is 5.22. The van der Waals surface area contributed by atoms with Gasteiger partial charge in [0.1, 0.15) is 0 Å².